The second-order valence-corrected chi connectivity index (χ2v) is 6.96. The van der Waals surface area contributed by atoms with Crippen molar-refractivity contribution in [2.75, 3.05) is 6.79 Å². The van der Waals surface area contributed by atoms with Crippen LogP contribution < -0.4 is 9.97 Å². The molecule has 0 saturated heterocycles. The fourth-order valence-corrected chi connectivity index (χ4v) is 2.63. The van der Waals surface area contributed by atoms with E-state index in [1.807, 2.05) is 0 Å². The predicted octanol–water partition coefficient (Wildman–Crippen LogP) is 1.78. The van der Waals surface area contributed by atoms with Crippen molar-refractivity contribution < 1.29 is 46.7 Å². The van der Waals surface area contributed by atoms with E-state index in [-0.39, 0.29) is 17.7 Å². The van der Waals surface area contributed by atoms with Gasteiger partial charge in [0.2, 0.25) is 12.7 Å². The predicted molar refractivity (Wildman–Crippen MR) is 97.2 cm³/mol. The van der Waals surface area contributed by atoms with Gasteiger partial charge in [0.25, 0.3) is 0 Å². The van der Waals surface area contributed by atoms with Gasteiger partial charge in [-0.3, -0.25) is 9.59 Å². The highest BCUT2D eigenvalue weighted by Crippen LogP contribution is 2.31. The van der Waals surface area contributed by atoms with E-state index in [0.717, 1.165) is 0 Å². The monoisotopic (exact) mass is 431 g/mol. The van der Waals surface area contributed by atoms with E-state index in [2.05, 4.69) is 5.32 Å². The zero-order valence-electron chi connectivity index (χ0n) is 16.3. The summed E-state index contributed by atoms with van der Waals surface area (Å²) in [5.41, 5.74) is 0.407. The molecule has 164 valence electrons. The Morgan fingerprint density at radius 2 is 2.00 bits per heavy atom. The molecule has 0 bridgehead atoms. The van der Waals surface area contributed by atoms with Gasteiger partial charge in [0.1, 0.15) is 11.3 Å². The Morgan fingerprint density at radius 1 is 1.30 bits per heavy atom. The lowest BCUT2D eigenvalue weighted by molar-refractivity contribution is -0.155. The quantitative estimate of drug-likeness (QED) is 0.385. The van der Waals surface area contributed by atoms with Crippen LogP contribution in [-0.2, 0) is 25.5 Å². The van der Waals surface area contributed by atoms with Gasteiger partial charge >= 0.3 is 25.2 Å². The fourth-order valence-electron chi connectivity index (χ4n) is 2.63. The van der Waals surface area contributed by atoms with E-state index < -0.39 is 62.6 Å². The van der Waals surface area contributed by atoms with Crippen molar-refractivity contribution in [1.29, 1.82) is 0 Å². The number of alkyl halides is 3. The highest BCUT2D eigenvalue weighted by molar-refractivity contribution is 6.47. The highest BCUT2D eigenvalue weighted by atomic mass is 19.4. The Morgan fingerprint density at radius 3 is 2.63 bits per heavy atom. The molecule has 0 spiro atoms. The first-order valence-electron chi connectivity index (χ1n) is 9.14. The van der Waals surface area contributed by atoms with Gasteiger partial charge in [-0.05, 0) is 18.1 Å². The number of amides is 1. The summed E-state index contributed by atoms with van der Waals surface area (Å²) in [5, 5.41) is 12.4. The molecule has 0 aliphatic carbocycles. The number of para-hydroxylation sites is 1. The molecule has 1 heterocycles. The maximum Gasteiger partial charge on any atom is 0.547 e. The molecule has 1 amide bonds. The Labute approximate surface area is 170 Å². The van der Waals surface area contributed by atoms with E-state index in [1.165, 1.54) is 12.1 Å². The number of hydrogen-bond donors (Lipinski definition) is 2. The number of hydrogen-bond acceptors (Lipinski definition) is 7. The molecule has 0 saturated carbocycles. The molecule has 2 rings (SSSR count). The van der Waals surface area contributed by atoms with Crippen molar-refractivity contribution in [3.05, 3.63) is 29.3 Å². The number of rotatable bonds is 7. The molecule has 1 atom stereocenters. The van der Waals surface area contributed by atoms with Crippen LogP contribution in [0.25, 0.3) is 0 Å². The van der Waals surface area contributed by atoms with Crippen LogP contribution >= 0.6 is 0 Å². The van der Waals surface area contributed by atoms with Crippen LogP contribution in [-0.4, -0.2) is 48.9 Å². The van der Waals surface area contributed by atoms with Crippen LogP contribution in [0.4, 0.5) is 13.2 Å². The Bertz CT molecular complexity index is 800. The van der Waals surface area contributed by atoms with Crippen molar-refractivity contribution >= 4 is 25.0 Å². The molecule has 1 aliphatic heterocycles. The van der Waals surface area contributed by atoms with Crippen molar-refractivity contribution in [3.8, 4) is 5.75 Å². The Balaban J connectivity index is 2.00. The number of fused-ring (bicyclic) bond motifs is 1. The molecule has 0 aromatic heterocycles. The first kappa shape index (κ1) is 23.5. The summed E-state index contributed by atoms with van der Waals surface area (Å²) in [4.78, 5) is 35.4. The van der Waals surface area contributed by atoms with Gasteiger partial charge in [0.15, 0.2) is 0 Å². The van der Waals surface area contributed by atoms with E-state index in [4.69, 9.17) is 14.1 Å². The maximum absolute atomic E-state index is 12.3. The minimum atomic E-state index is -4.47. The van der Waals surface area contributed by atoms with Gasteiger partial charge in [-0.1, -0.05) is 26.0 Å². The van der Waals surface area contributed by atoms with Gasteiger partial charge in [0, 0.05) is 6.42 Å². The molecule has 0 fully saturated rings. The minimum absolute atomic E-state index is 0.0194. The molecular weight excluding hydrogens is 410 g/mol. The van der Waals surface area contributed by atoms with Crippen LogP contribution in [0.2, 0.25) is 0 Å². The average Bonchev–Trinajstić information content (AvgIpc) is 2.65. The Kier molecular flexibility index (Phi) is 7.71. The number of carbonyl (C=O) groups excluding carboxylic acids is 3. The summed E-state index contributed by atoms with van der Waals surface area (Å²) >= 11 is 0. The molecule has 2 N–H and O–H groups in total. The molecule has 1 aromatic rings. The first-order chi connectivity index (χ1) is 14.0. The van der Waals surface area contributed by atoms with E-state index in [9.17, 15) is 32.6 Å². The third-order valence-corrected chi connectivity index (χ3v) is 4.18. The summed E-state index contributed by atoms with van der Waals surface area (Å²) in [6, 6.07) is 4.46. The van der Waals surface area contributed by atoms with Crippen molar-refractivity contribution in [3.63, 3.8) is 0 Å². The lowest BCUT2D eigenvalue weighted by Crippen LogP contribution is -2.53. The summed E-state index contributed by atoms with van der Waals surface area (Å²) in [5.74, 6) is -3.65. The number of nitrogens with one attached hydrogen (secondary N) is 1. The third-order valence-electron chi connectivity index (χ3n) is 4.18. The van der Waals surface area contributed by atoms with Gasteiger partial charge in [0.05, 0.1) is 18.3 Å². The number of halogens is 3. The summed E-state index contributed by atoms with van der Waals surface area (Å²) in [6.07, 6.45) is -6.50. The van der Waals surface area contributed by atoms with E-state index in [1.54, 1.807) is 19.9 Å². The topological polar surface area (TPSA) is 111 Å². The molecular formula is C18H21BF3NO7. The molecule has 8 nitrogen and oxygen atoms in total. The van der Waals surface area contributed by atoms with Crippen molar-refractivity contribution in [2.45, 2.75) is 45.2 Å². The number of esters is 2. The van der Waals surface area contributed by atoms with Crippen molar-refractivity contribution in [2.24, 2.45) is 5.92 Å². The van der Waals surface area contributed by atoms with Gasteiger partial charge in [-0.25, -0.2) is 4.79 Å². The number of benzene rings is 1. The van der Waals surface area contributed by atoms with Gasteiger partial charge < -0.3 is 24.5 Å². The van der Waals surface area contributed by atoms with Gasteiger partial charge in [-0.2, -0.15) is 13.2 Å². The van der Waals surface area contributed by atoms with Crippen molar-refractivity contribution in [1.82, 2.24) is 5.32 Å². The second kappa shape index (κ2) is 9.83. The molecule has 1 aromatic carbocycles. The van der Waals surface area contributed by atoms with Crippen LogP contribution in [0.15, 0.2) is 18.2 Å². The van der Waals surface area contributed by atoms with Gasteiger partial charge in [-0.15, -0.1) is 0 Å². The smallest absolute Gasteiger partial charge is 0.534 e. The summed E-state index contributed by atoms with van der Waals surface area (Å²) in [7, 11) is -1.58. The molecule has 0 radical (unpaired) electrons. The second-order valence-electron chi connectivity index (χ2n) is 6.96. The van der Waals surface area contributed by atoms with E-state index >= 15 is 0 Å². The maximum atomic E-state index is 12.3. The van der Waals surface area contributed by atoms with E-state index in [0.29, 0.717) is 5.56 Å². The number of ether oxygens (including phenoxy) is 2. The number of carbonyl (C=O) groups is 3. The third kappa shape index (κ3) is 6.65. The zero-order chi connectivity index (χ0) is 22.5. The average molecular weight is 431 g/mol. The zero-order valence-corrected chi connectivity index (χ0v) is 16.3. The molecule has 1 aliphatic rings. The molecule has 1 unspecified atom stereocenters. The van der Waals surface area contributed by atoms with Crippen LogP contribution in [0.1, 0.15) is 42.6 Å². The lowest BCUT2D eigenvalue weighted by atomic mass is 9.72. The standard InChI is InChI=1S/C18H21BF3NO7/c1-10(2)16(25)28-9-29-17(26)12-5-3-4-11-8-13(19(27)30-15(11)12)23-14(24)6-7-18(20,21)22/h3-5,10,13,27H,6-9H2,1-2H3,(H,23,24). The highest BCUT2D eigenvalue weighted by Gasteiger charge is 2.38. The first-order valence-corrected chi connectivity index (χ1v) is 9.14. The van der Waals surface area contributed by atoms with Crippen LogP contribution in [0.3, 0.4) is 0 Å². The molecule has 30 heavy (non-hydrogen) atoms. The summed E-state index contributed by atoms with van der Waals surface area (Å²) in [6.45, 7) is 2.64. The largest absolute Gasteiger partial charge is 0.547 e. The molecule has 12 heteroatoms. The SMILES string of the molecule is CC(C)C(=O)OCOC(=O)c1cccc2c1OB(O)C(NC(=O)CCC(F)(F)F)C2. The normalized spacial score (nSPS) is 15.8. The van der Waals surface area contributed by atoms with Crippen LogP contribution in [0, 0.1) is 5.92 Å². The summed E-state index contributed by atoms with van der Waals surface area (Å²) < 4.78 is 51.7. The van der Waals surface area contributed by atoms with Crippen LogP contribution in [0.5, 0.6) is 5.75 Å². The fraction of sp³-hybridized carbons (Fsp3) is 0.500. The minimum Gasteiger partial charge on any atom is -0.534 e. The Hall–Kier alpha value is -2.76. The lowest BCUT2D eigenvalue weighted by Gasteiger charge is -2.29.